The summed E-state index contributed by atoms with van der Waals surface area (Å²) in [5.41, 5.74) is 11.6. The number of benzene rings is 1. The van der Waals surface area contributed by atoms with Crippen molar-refractivity contribution < 1.29 is 4.92 Å². The first-order valence-corrected chi connectivity index (χ1v) is 6.73. The fourth-order valence-electron chi connectivity index (χ4n) is 2.33. The Hall–Kier alpha value is -2.64. The van der Waals surface area contributed by atoms with E-state index in [1.807, 2.05) is 0 Å². The molecule has 0 aromatic heterocycles. The van der Waals surface area contributed by atoms with Gasteiger partial charge in [-0.3, -0.25) is 10.1 Å². The highest BCUT2D eigenvalue weighted by atomic mass is 16.6. The van der Waals surface area contributed by atoms with Gasteiger partial charge in [-0.2, -0.15) is 5.10 Å². The van der Waals surface area contributed by atoms with Crippen LogP contribution in [0.3, 0.4) is 0 Å². The molecule has 0 atom stereocenters. The zero-order valence-electron chi connectivity index (χ0n) is 11.6. The molecule has 1 aromatic carbocycles. The molecule has 0 unspecified atom stereocenters. The van der Waals surface area contributed by atoms with Gasteiger partial charge in [0.25, 0.3) is 5.69 Å². The van der Waals surface area contributed by atoms with Gasteiger partial charge in [0.2, 0.25) is 5.96 Å². The average Bonchev–Trinajstić information content (AvgIpc) is 2.47. The van der Waals surface area contributed by atoms with Crippen LogP contribution in [0.2, 0.25) is 0 Å². The van der Waals surface area contributed by atoms with Crippen molar-refractivity contribution in [2.45, 2.75) is 19.3 Å². The lowest BCUT2D eigenvalue weighted by Crippen LogP contribution is -2.29. The number of nitrogens with zero attached hydrogens (tertiary/aromatic N) is 4. The van der Waals surface area contributed by atoms with Gasteiger partial charge in [0.05, 0.1) is 11.1 Å². The van der Waals surface area contributed by atoms with Crippen LogP contribution in [0.15, 0.2) is 28.4 Å². The van der Waals surface area contributed by atoms with Crippen LogP contribution in [-0.4, -0.2) is 30.2 Å². The normalized spacial score (nSPS) is 15.1. The third kappa shape index (κ3) is 3.91. The molecule has 0 saturated carbocycles. The molecule has 8 nitrogen and oxygen atoms in total. The number of hydrogen-bond donors (Lipinski definition) is 2. The largest absolute Gasteiger partial charge is 0.369 e. The molecular weight excluding hydrogens is 272 g/mol. The van der Waals surface area contributed by atoms with Gasteiger partial charge in [-0.25, -0.2) is 0 Å². The lowest BCUT2D eigenvalue weighted by molar-refractivity contribution is -0.384. The van der Waals surface area contributed by atoms with E-state index in [9.17, 15) is 10.1 Å². The van der Waals surface area contributed by atoms with Gasteiger partial charge in [0.1, 0.15) is 5.69 Å². The molecule has 0 spiro atoms. The molecule has 0 amide bonds. The second kappa shape index (κ2) is 6.69. The highest BCUT2D eigenvalue weighted by molar-refractivity contribution is 5.84. The molecule has 112 valence electrons. The van der Waals surface area contributed by atoms with Crippen LogP contribution < -0.4 is 16.4 Å². The standard InChI is InChI=1S/C13H18N6O2/c14-13(15)17-16-9-10-4-5-11(12(8-10)19(20)21)18-6-2-1-3-7-18/h4-5,8-9H,1-3,6-7H2,(H4,14,15,17)/b16-9-. The second-order valence-electron chi connectivity index (χ2n) is 4.82. The Labute approximate surface area is 122 Å². The summed E-state index contributed by atoms with van der Waals surface area (Å²) in [4.78, 5) is 12.9. The van der Waals surface area contributed by atoms with Crippen LogP contribution >= 0.6 is 0 Å². The van der Waals surface area contributed by atoms with Gasteiger partial charge in [-0.05, 0) is 25.3 Å². The Morgan fingerprint density at radius 3 is 2.62 bits per heavy atom. The molecule has 0 bridgehead atoms. The van der Waals surface area contributed by atoms with Crippen molar-refractivity contribution in [2.24, 2.45) is 21.7 Å². The predicted molar refractivity (Wildman–Crippen MR) is 82.6 cm³/mol. The Morgan fingerprint density at radius 1 is 1.29 bits per heavy atom. The van der Waals surface area contributed by atoms with Crippen molar-refractivity contribution in [1.29, 1.82) is 0 Å². The summed E-state index contributed by atoms with van der Waals surface area (Å²) in [7, 11) is 0. The molecule has 1 heterocycles. The molecule has 1 aromatic rings. The average molecular weight is 290 g/mol. The number of piperidine rings is 1. The number of anilines is 1. The van der Waals surface area contributed by atoms with Gasteiger partial charge in [-0.1, -0.05) is 6.07 Å². The minimum Gasteiger partial charge on any atom is -0.369 e. The van der Waals surface area contributed by atoms with Crippen LogP contribution in [0.1, 0.15) is 24.8 Å². The fourth-order valence-corrected chi connectivity index (χ4v) is 2.33. The highest BCUT2D eigenvalue weighted by Crippen LogP contribution is 2.30. The molecule has 1 fully saturated rings. The molecule has 8 heteroatoms. The van der Waals surface area contributed by atoms with E-state index in [1.54, 1.807) is 12.1 Å². The third-order valence-electron chi connectivity index (χ3n) is 3.27. The fraction of sp³-hybridized carbons (Fsp3) is 0.385. The van der Waals surface area contributed by atoms with E-state index < -0.39 is 0 Å². The molecule has 0 aliphatic carbocycles. The molecular formula is C13H18N6O2. The number of nitro benzene ring substituents is 1. The number of nitrogens with two attached hydrogens (primary N) is 2. The van der Waals surface area contributed by atoms with Crippen LogP contribution in [0.4, 0.5) is 11.4 Å². The van der Waals surface area contributed by atoms with Crippen LogP contribution in [-0.2, 0) is 0 Å². The Balaban J connectivity index is 2.28. The van der Waals surface area contributed by atoms with Crippen LogP contribution in [0.5, 0.6) is 0 Å². The summed E-state index contributed by atoms with van der Waals surface area (Å²) in [5, 5.41) is 18.4. The van der Waals surface area contributed by atoms with Crippen LogP contribution in [0.25, 0.3) is 0 Å². The maximum absolute atomic E-state index is 11.3. The van der Waals surface area contributed by atoms with Crippen molar-refractivity contribution in [3.63, 3.8) is 0 Å². The van der Waals surface area contributed by atoms with E-state index in [4.69, 9.17) is 11.5 Å². The first-order valence-electron chi connectivity index (χ1n) is 6.73. The van der Waals surface area contributed by atoms with Gasteiger partial charge < -0.3 is 16.4 Å². The summed E-state index contributed by atoms with van der Waals surface area (Å²) in [5.74, 6) is -0.161. The maximum atomic E-state index is 11.3. The number of nitro groups is 1. The van der Waals surface area contributed by atoms with Crippen molar-refractivity contribution in [1.82, 2.24) is 0 Å². The molecule has 4 N–H and O–H groups in total. The summed E-state index contributed by atoms with van der Waals surface area (Å²) in [6.07, 6.45) is 4.68. The first kappa shape index (κ1) is 14.8. The number of rotatable bonds is 4. The Kier molecular flexibility index (Phi) is 4.70. The summed E-state index contributed by atoms with van der Waals surface area (Å²) in [6, 6.07) is 5.00. The van der Waals surface area contributed by atoms with E-state index in [2.05, 4.69) is 15.1 Å². The lowest BCUT2D eigenvalue weighted by atomic mass is 10.1. The minimum atomic E-state index is -0.373. The van der Waals surface area contributed by atoms with E-state index in [1.165, 1.54) is 18.7 Å². The number of hydrogen-bond acceptors (Lipinski definition) is 5. The van der Waals surface area contributed by atoms with E-state index >= 15 is 0 Å². The molecule has 2 rings (SSSR count). The van der Waals surface area contributed by atoms with Crippen molar-refractivity contribution in [2.75, 3.05) is 18.0 Å². The Morgan fingerprint density at radius 2 is 2.00 bits per heavy atom. The Bertz CT molecular complexity index is 574. The van der Waals surface area contributed by atoms with E-state index in [0.29, 0.717) is 11.3 Å². The molecule has 21 heavy (non-hydrogen) atoms. The molecule has 1 aliphatic rings. The zero-order chi connectivity index (χ0) is 15.2. The van der Waals surface area contributed by atoms with Gasteiger partial charge >= 0.3 is 0 Å². The first-order chi connectivity index (χ1) is 10.1. The van der Waals surface area contributed by atoms with Crippen molar-refractivity contribution in [3.05, 3.63) is 33.9 Å². The van der Waals surface area contributed by atoms with Crippen LogP contribution in [0, 0.1) is 10.1 Å². The monoisotopic (exact) mass is 290 g/mol. The summed E-state index contributed by atoms with van der Waals surface area (Å²) in [6.45, 7) is 1.70. The summed E-state index contributed by atoms with van der Waals surface area (Å²) < 4.78 is 0. The minimum absolute atomic E-state index is 0.0746. The van der Waals surface area contributed by atoms with Gasteiger partial charge in [0.15, 0.2) is 0 Å². The smallest absolute Gasteiger partial charge is 0.293 e. The van der Waals surface area contributed by atoms with Crippen molar-refractivity contribution >= 4 is 23.5 Å². The quantitative estimate of drug-likeness (QED) is 0.373. The SMILES string of the molecule is NC(N)=N/N=C\c1ccc(N2CCCCC2)c([N+](=O)[O-])c1. The highest BCUT2D eigenvalue weighted by Gasteiger charge is 2.21. The summed E-state index contributed by atoms with van der Waals surface area (Å²) >= 11 is 0. The van der Waals surface area contributed by atoms with E-state index in [-0.39, 0.29) is 16.6 Å². The van der Waals surface area contributed by atoms with Gasteiger partial charge in [-0.15, -0.1) is 5.10 Å². The number of guanidine groups is 1. The second-order valence-corrected chi connectivity index (χ2v) is 4.82. The maximum Gasteiger partial charge on any atom is 0.293 e. The van der Waals surface area contributed by atoms with E-state index in [0.717, 1.165) is 25.9 Å². The molecule has 0 radical (unpaired) electrons. The zero-order valence-corrected chi connectivity index (χ0v) is 11.6. The lowest BCUT2D eigenvalue weighted by Gasteiger charge is -2.28. The third-order valence-corrected chi connectivity index (χ3v) is 3.27. The van der Waals surface area contributed by atoms with Gasteiger partial charge in [0, 0.05) is 24.7 Å². The van der Waals surface area contributed by atoms with Crippen molar-refractivity contribution in [3.8, 4) is 0 Å². The topological polar surface area (TPSA) is 123 Å². The molecule has 1 saturated heterocycles. The predicted octanol–water partition coefficient (Wildman–Crippen LogP) is 1.19. The molecule has 1 aliphatic heterocycles.